The van der Waals surface area contributed by atoms with Crippen molar-refractivity contribution in [3.05, 3.63) is 76.8 Å². The highest BCUT2D eigenvalue weighted by Crippen LogP contribution is 2.47. The Morgan fingerprint density at radius 3 is 2.62 bits per heavy atom. The molecule has 1 N–H and O–H groups in total. The maximum Gasteiger partial charge on any atom is 0.379 e. The first kappa shape index (κ1) is 16.9. The molecule has 4 nitrogen and oxygen atoms in total. The Labute approximate surface area is 155 Å². The molecule has 0 bridgehead atoms. The first-order valence-corrected chi connectivity index (χ1v) is 8.66. The zero-order valence-corrected chi connectivity index (χ0v) is 14.9. The fourth-order valence-corrected chi connectivity index (χ4v) is 3.65. The van der Waals surface area contributed by atoms with Gasteiger partial charge in [-0.1, -0.05) is 60.1 Å². The van der Waals surface area contributed by atoms with Gasteiger partial charge in [0.25, 0.3) is 0 Å². The van der Waals surface area contributed by atoms with Crippen LogP contribution in [0.2, 0.25) is 5.02 Å². The van der Waals surface area contributed by atoms with Gasteiger partial charge in [0.1, 0.15) is 5.75 Å². The van der Waals surface area contributed by atoms with Crippen molar-refractivity contribution in [1.82, 2.24) is 0 Å². The minimum Gasteiger partial charge on any atom is -0.464 e. The summed E-state index contributed by atoms with van der Waals surface area (Å²) in [5, 5.41) is 13.3. The molecule has 4 rings (SSSR count). The predicted octanol–water partition coefficient (Wildman–Crippen LogP) is 4.27. The number of methoxy groups -OCH3 is 1. The molecule has 0 radical (unpaired) electrons. The first-order valence-electron chi connectivity index (χ1n) is 8.29. The van der Waals surface area contributed by atoms with Crippen LogP contribution < -0.4 is 4.74 Å². The summed E-state index contributed by atoms with van der Waals surface area (Å²) >= 11 is 6.01. The van der Waals surface area contributed by atoms with Crippen molar-refractivity contribution in [2.45, 2.75) is 18.1 Å². The number of carbonyl (C=O) groups excluding carboxylic acids is 1. The third kappa shape index (κ3) is 2.71. The van der Waals surface area contributed by atoms with Crippen molar-refractivity contribution in [3.63, 3.8) is 0 Å². The van der Waals surface area contributed by atoms with Crippen LogP contribution in [-0.4, -0.2) is 24.0 Å². The number of rotatable bonds is 2. The van der Waals surface area contributed by atoms with E-state index in [1.54, 1.807) is 12.1 Å². The molecule has 3 aromatic rings. The van der Waals surface area contributed by atoms with Crippen molar-refractivity contribution >= 4 is 28.3 Å². The molecule has 0 aliphatic carbocycles. The SMILES string of the molecule is COC(=O)[C@]1(O)C[C@H](c2ccc(Cl)cc2)c2ccc3ccccc3c2O1. The Balaban J connectivity index is 1.94. The molecule has 26 heavy (non-hydrogen) atoms. The summed E-state index contributed by atoms with van der Waals surface area (Å²) in [4.78, 5) is 12.2. The van der Waals surface area contributed by atoms with E-state index in [-0.39, 0.29) is 12.3 Å². The van der Waals surface area contributed by atoms with E-state index in [9.17, 15) is 9.90 Å². The number of aliphatic hydroxyl groups is 1. The van der Waals surface area contributed by atoms with Crippen molar-refractivity contribution in [1.29, 1.82) is 0 Å². The zero-order valence-electron chi connectivity index (χ0n) is 14.1. The third-order valence-electron chi connectivity index (χ3n) is 4.81. The summed E-state index contributed by atoms with van der Waals surface area (Å²) in [6.07, 6.45) is 0.0621. The Bertz CT molecular complexity index is 983. The van der Waals surface area contributed by atoms with Gasteiger partial charge >= 0.3 is 11.8 Å². The summed E-state index contributed by atoms with van der Waals surface area (Å²) in [5.41, 5.74) is 1.86. The summed E-state index contributed by atoms with van der Waals surface area (Å²) in [6.45, 7) is 0. The lowest BCUT2D eigenvalue weighted by atomic mass is 9.82. The number of fused-ring (bicyclic) bond motifs is 3. The number of carbonyl (C=O) groups is 1. The average molecular weight is 369 g/mol. The lowest BCUT2D eigenvalue weighted by Crippen LogP contribution is -2.49. The summed E-state index contributed by atoms with van der Waals surface area (Å²) in [6, 6.07) is 19.1. The van der Waals surface area contributed by atoms with Gasteiger partial charge < -0.3 is 14.6 Å². The van der Waals surface area contributed by atoms with Crippen molar-refractivity contribution in [3.8, 4) is 5.75 Å². The summed E-state index contributed by atoms with van der Waals surface area (Å²) in [5.74, 6) is -2.59. The van der Waals surface area contributed by atoms with E-state index in [0.717, 1.165) is 21.9 Å². The molecule has 0 fully saturated rings. The molecule has 5 heteroatoms. The lowest BCUT2D eigenvalue weighted by molar-refractivity contribution is -0.202. The molecular formula is C21H17ClO4. The van der Waals surface area contributed by atoms with Gasteiger partial charge in [-0.2, -0.15) is 0 Å². The molecule has 0 spiro atoms. The highest BCUT2D eigenvalue weighted by atomic mass is 35.5. The zero-order chi connectivity index (χ0) is 18.3. The van der Waals surface area contributed by atoms with E-state index in [1.807, 2.05) is 48.5 Å². The van der Waals surface area contributed by atoms with E-state index < -0.39 is 11.8 Å². The van der Waals surface area contributed by atoms with E-state index in [1.165, 1.54) is 7.11 Å². The number of halogens is 1. The quantitative estimate of drug-likeness (QED) is 0.686. The van der Waals surface area contributed by atoms with Crippen LogP contribution in [0.15, 0.2) is 60.7 Å². The van der Waals surface area contributed by atoms with Gasteiger partial charge in [-0.25, -0.2) is 4.79 Å². The second-order valence-electron chi connectivity index (χ2n) is 6.39. The molecular weight excluding hydrogens is 352 g/mol. The largest absolute Gasteiger partial charge is 0.464 e. The van der Waals surface area contributed by atoms with Crippen LogP contribution >= 0.6 is 11.6 Å². The van der Waals surface area contributed by atoms with Gasteiger partial charge in [0.05, 0.1) is 7.11 Å². The average Bonchev–Trinajstić information content (AvgIpc) is 2.67. The van der Waals surface area contributed by atoms with Crippen molar-refractivity contribution in [2.75, 3.05) is 7.11 Å². The molecule has 2 atom stereocenters. The number of hydrogen-bond acceptors (Lipinski definition) is 4. The molecule has 0 amide bonds. The van der Waals surface area contributed by atoms with Gasteiger partial charge in [-0.15, -0.1) is 0 Å². The molecule has 0 saturated carbocycles. The Morgan fingerprint density at radius 2 is 1.88 bits per heavy atom. The van der Waals surface area contributed by atoms with Gasteiger partial charge in [0.15, 0.2) is 0 Å². The van der Waals surface area contributed by atoms with Crippen LogP contribution in [0.5, 0.6) is 5.75 Å². The normalized spacial score (nSPS) is 21.7. The van der Waals surface area contributed by atoms with E-state index >= 15 is 0 Å². The van der Waals surface area contributed by atoms with Crippen molar-refractivity contribution < 1.29 is 19.4 Å². The van der Waals surface area contributed by atoms with Crippen LogP contribution in [-0.2, 0) is 9.53 Å². The Hall–Kier alpha value is -2.56. The second kappa shape index (κ2) is 6.31. The van der Waals surface area contributed by atoms with Gasteiger partial charge in [0, 0.05) is 28.3 Å². The molecule has 1 aliphatic heterocycles. The van der Waals surface area contributed by atoms with Crippen LogP contribution in [0.25, 0.3) is 10.8 Å². The summed E-state index contributed by atoms with van der Waals surface area (Å²) in [7, 11) is 1.24. The second-order valence-corrected chi connectivity index (χ2v) is 6.83. The van der Waals surface area contributed by atoms with Gasteiger partial charge in [-0.3, -0.25) is 0 Å². The summed E-state index contributed by atoms with van der Waals surface area (Å²) < 4.78 is 10.6. The fraction of sp³-hybridized carbons (Fsp3) is 0.190. The molecule has 0 unspecified atom stereocenters. The van der Waals surface area contributed by atoms with Gasteiger partial charge in [0.2, 0.25) is 0 Å². The van der Waals surface area contributed by atoms with Crippen LogP contribution in [0.3, 0.4) is 0 Å². The number of ether oxygens (including phenoxy) is 2. The third-order valence-corrected chi connectivity index (χ3v) is 5.07. The highest BCUT2D eigenvalue weighted by Gasteiger charge is 2.47. The van der Waals surface area contributed by atoms with Crippen LogP contribution in [0, 0.1) is 0 Å². The van der Waals surface area contributed by atoms with Crippen LogP contribution in [0.1, 0.15) is 23.5 Å². The minimum absolute atomic E-state index is 0.0621. The van der Waals surface area contributed by atoms with E-state index in [4.69, 9.17) is 21.1 Å². The van der Waals surface area contributed by atoms with Crippen molar-refractivity contribution in [2.24, 2.45) is 0 Å². The predicted molar refractivity (Wildman–Crippen MR) is 99.5 cm³/mol. The first-order chi connectivity index (χ1) is 12.5. The lowest BCUT2D eigenvalue weighted by Gasteiger charge is -2.37. The smallest absolute Gasteiger partial charge is 0.379 e. The molecule has 3 aromatic carbocycles. The standard InChI is InChI=1S/C21H17ClO4/c1-25-20(23)21(24)12-18(14-6-9-15(22)10-7-14)17-11-8-13-4-2-3-5-16(13)19(17)26-21/h2-11,18,24H,12H2,1H3/t18-,21+/m1/s1. The molecule has 1 aliphatic rings. The number of hydrogen-bond donors (Lipinski definition) is 1. The monoisotopic (exact) mass is 368 g/mol. The highest BCUT2D eigenvalue weighted by molar-refractivity contribution is 6.30. The van der Waals surface area contributed by atoms with E-state index in [2.05, 4.69) is 0 Å². The molecule has 0 saturated heterocycles. The van der Waals surface area contributed by atoms with Crippen LogP contribution in [0.4, 0.5) is 0 Å². The number of esters is 1. The fourth-order valence-electron chi connectivity index (χ4n) is 3.52. The Kier molecular flexibility index (Phi) is 4.10. The maximum absolute atomic E-state index is 12.2. The maximum atomic E-state index is 12.2. The Morgan fingerprint density at radius 1 is 1.15 bits per heavy atom. The van der Waals surface area contributed by atoms with E-state index in [0.29, 0.717) is 10.8 Å². The topological polar surface area (TPSA) is 55.8 Å². The van der Waals surface area contributed by atoms with Gasteiger partial charge in [-0.05, 0) is 23.1 Å². The molecule has 0 aromatic heterocycles. The molecule has 132 valence electrons. The molecule has 1 heterocycles. The minimum atomic E-state index is -2.05. The number of benzene rings is 3.